The molecule has 0 saturated carbocycles. The van der Waals surface area contributed by atoms with Crippen molar-refractivity contribution in [3.63, 3.8) is 0 Å². The second-order valence-corrected chi connectivity index (χ2v) is 6.91. The van der Waals surface area contributed by atoms with Crippen LogP contribution in [-0.2, 0) is 13.6 Å². The van der Waals surface area contributed by atoms with Crippen LogP contribution >= 0.6 is 11.3 Å². The normalized spacial score (nSPS) is 10.9. The van der Waals surface area contributed by atoms with Gasteiger partial charge in [-0.1, -0.05) is 30.3 Å². The average Bonchev–Trinajstić information content (AvgIpc) is 2.88. The van der Waals surface area contributed by atoms with E-state index in [1.54, 1.807) is 25.2 Å². The maximum Gasteiger partial charge on any atom is 0.259 e. The van der Waals surface area contributed by atoms with Crippen molar-refractivity contribution < 1.29 is 4.79 Å². The lowest BCUT2D eigenvalue weighted by molar-refractivity contribution is 0.0787. The Balaban J connectivity index is 2.02. The molecule has 0 fully saturated rings. The van der Waals surface area contributed by atoms with Crippen LogP contribution in [0.15, 0.2) is 47.4 Å². The molecule has 0 aliphatic rings. The van der Waals surface area contributed by atoms with Gasteiger partial charge in [-0.2, -0.15) is 0 Å². The average molecular weight is 326 g/mol. The number of hydrogen-bond acceptors (Lipinski definition) is 3. The monoisotopic (exact) mass is 326 g/mol. The molecule has 0 radical (unpaired) electrons. The van der Waals surface area contributed by atoms with E-state index in [1.807, 2.05) is 43.3 Å². The van der Waals surface area contributed by atoms with Crippen LogP contribution in [0.5, 0.6) is 0 Å². The summed E-state index contributed by atoms with van der Waals surface area (Å²) in [5, 5.41) is 0.530. The minimum atomic E-state index is -0.122. The molecule has 118 valence electrons. The van der Waals surface area contributed by atoms with Gasteiger partial charge in [0.05, 0.1) is 10.9 Å². The molecule has 2 aromatic heterocycles. The molecule has 0 N–H and O–H groups in total. The topological polar surface area (TPSA) is 42.3 Å². The van der Waals surface area contributed by atoms with Crippen LogP contribution in [-0.4, -0.2) is 22.4 Å². The third-order valence-corrected chi connectivity index (χ3v) is 4.99. The third kappa shape index (κ3) is 2.80. The van der Waals surface area contributed by atoms with Crippen molar-refractivity contribution in [1.29, 1.82) is 0 Å². The number of hydrogen-bond donors (Lipinski definition) is 0. The Morgan fingerprint density at radius 3 is 2.61 bits per heavy atom. The van der Waals surface area contributed by atoms with Crippen molar-refractivity contribution in [3.8, 4) is 0 Å². The second kappa shape index (κ2) is 6.01. The number of thiophene rings is 1. The molecule has 4 nitrogen and oxygen atoms in total. The van der Waals surface area contributed by atoms with Gasteiger partial charge in [0, 0.05) is 36.4 Å². The van der Waals surface area contributed by atoms with Gasteiger partial charge in [0.25, 0.3) is 11.5 Å². The van der Waals surface area contributed by atoms with Crippen LogP contribution in [0.1, 0.15) is 20.8 Å². The summed E-state index contributed by atoms with van der Waals surface area (Å²) in [6.45, 7) is 2.41. The maximum atomic E-state index is 12.9. The number of benzene rings is 1. The predicted octanol–water partition coefficient (Wildman–Crippen LogP) is 3.18. The van der Waals surface area contributed by atoms with E-state index in [4.69, 9.17) is 0 Å². The summed E-state index contributed by atoms with van der Waals surface area (Å²) >= 11 is 1.49. The SMILES string of the molecule is Cc1sc2ccn(C)c(=O)c2c1C(=O)N(C)Cc1ccccc1. The molecule has 2 heterocycles. The fourth-order valence-electron chi connectivity index (χ4n) is 2.70. The molecular formula is C18H18N2O2S. The first-order chi connectivity index (χ1) is 11.0. The van der Waals surface area contributed by atoms with Crippen LogP contribution in [0.4, 0.5) is 0 Å². The first-order valence-electron chi connectivity index (χ1n) is 7.37. The number of aryl methyl sites for hydroxylation is 2. The smallest absolute Gasteiger partial charge is 0.259 e. The number of carbonyl (C=O) groups is 1. The van der Waals surface area contributed by atoms with Gasteiger partial charge in [-0.25, -0.2) is 0 Å². The van der Waals surface area contributed by atoms with E-state index in [0.29, 0.717) is 17.5 Å². The molecule has 3 aromatic rings. The van der Waals surface area contributed by atoms with Gasteiger partial charge in [-0.15, -0.1) is 11.3 Å². The first kappa shape index (κ1) is 15.5. The Bertz CT molecular complexity index is 925. The fraction of sp³-hybridized carbons (Fsp3) is 0.222. The van der Waals surface area contributed by atoms with Crippen molar-refractivity contribution in [2.75, 3.05) is 7.05 Å². The molecule has 0 aliphatic heterocycles. The first-order valence-corrected chi connectivity index (χ1v) is 8.19. The minimum Gasteiger partial charge on any atom is -0.337 e. The number of pyridine rings is 1. The Hall–Kier alpha value is -2.40. The summed E-state index contributed by atoms with van der Waals surface area (Å²) in [4.78, 5) is 27.9. The lowest BCUT2D eigenvalue weighted by Gasteiger charge is -2.17. The minimum absolute atomic E-state index is 0.110. The zero-order valence-electron chi connectivity index (χ0n) is 13.4. The number of nitrogens with zero attached hydrogens (tertiary/aromatic N) is 2. The fourth-order valence-corrected chi connectivity index (χ4v) is 3.74. The van der Waals surface area contributed by atoms with Gasteiger partial charge >= 0.3 is 0 Å². The van der Waals surface area contributed by atoms with E-state index in [1.165, 1.54) is 15.9 Å². The summed E-state index contributed by atoms with van der Waals surface area (Å²) in [6, 6.07) is 11.7. The number of amides is 1. The summed E-state index contributed by atoms with van der Waals surface area (Å²) < 4.78 is 2.38. The molecule has 23 heavy (non-hydrogen) atoms. The van der Waals surface area contributed by atoms with E-state index < -0.39 is 0 Å². The molecule has 1 aromatic carbocycles. The molecule has 3 rings (SSSR count). The maximum absolute atomic E-state index is 12.9. The highest BCUT2D eigenvalue weighted by atomic mass is 32.1. The van der Waals surface area contributed by atoms with Crippen molar-refractivity contribution in [2.24, 2.45) is 7.05 Å². The lowest BCUT2D eigenvalue weighted by Crippen LogP contribution is -2.28. The van der Waals surface area contributed by atoms with Gasteiger partial charge in [-0.3, -0.25) is 9.59 Å². The van der Waals surface area contributed by atoms with Crippen LogP contribution in [0.3, 0.4) is 0 Å². The van der Waals surface area contributed by atoms with Crippen LogP contribution in [0.2, 0.25) is 0 Å². The number of fused-ring (bicyclic) bond motifs is 1. The Morgan fingerprint density at radius 2 is 1.91 bits per heavy atom. The largest absolute Gasteiger partial charge is 0.337 e. The van der Waals surface area contributed by atoms with Crippen molar-refractivity contribution in [2.45, 2.75) is 13.5 Å². The zero-order chi connectivity index (χ0) is 16.6. The van der Waals surface area contributed by atoms with Crippen LogP contribution in [0, 0.1) is 6.92 Å². The zero-order valence-corrected chi connectivity index (χ0v) is 14.2. The second-order valence-electron chi connectivity index (χ2n) is 5.65. The van der Waals surface area contributed by atoms with E-state index in [0.717, 1.165) is 15.1 Å². The molecule has 0 saturated heterocycles. The molecule has 0 unspecified atom stereocenters. The van der Waals surface area contributed by atoms with Crippen LogP contribution in [0.25, 0.3) is 10.1 Å². The highest BCUT2D eigenvalue weighted by Crippen LogP contribution is 2.29. The van der Waals surface area contributed by atoms with E-state index in [-0.39, 0.29) is 11.5 Å². The van der Waals surface area contributed by atoms with Gasteiger partial charge in [0.2, 0.25) is 0 Å². The van der Waals surface area contributed by atoms with Crippen molar-refractivity contribution in [1.82, 2.24) is 9.47 Å². The molecule has 1 amide bonds. The summed E-state index contributed by atoms with van der Waals surface area (Å²) in [7, 11) is 3.47. The number of aromatic nitrogens is 1. The standard InChI is InChI=1S/C18H18N2O2S/c1-12-15(16-14(23-12)9-10-19(2)18(16)22)17(21)20(3)11-13-7-5-4-6-8-13/h4-10H,11H2,1-3H3. The Labute approximate surface area is 138 Å². The van der Waals surface area contributed by atoms with Gasteiger partial charge in [0.15, 0.2) is 0 Å². The van der Waals surface area contributed by atoms with E-state index in [9.17, 15) is 9.59 Å². The highest BCUT2D eigenvalue weighted by Gasteiger charge is 2.22. The molecule has 0 bridgehead atoms. The number of rotatable bonds is 3. The van der Waals surface area contributed by atoms with E-state index in [2.05, 4.69) is 0 Å². The molecule has 0 spiro atoms. The van der Waals surface area contributed by atoms with E-state index >= 15 is 0 Å². The molecular weight excluding hydrogens is 308 g/mol. The van der Waals surface area contributed by atoms with Gasteiger partial charge in [0.1, 0.15) is 0 Å². The quantitative estimate of drug-likeness (QED) is 0.742. The summed E-state index contributed by atoms with van der Waals surface area (Å²) in [6.07, 6.45) is 1.74. The van der Waals surface area contributed by atoms with Crippen LogP contribution < -0.4 is 5.56 Å². The van der Waals surface area contributed by atoms with Gasteiger partial charge < -0.3 is 9.47 Å². The third-order valence-electron chi connectivity index (χ3n) is 3.92. The Kier molecular flexibility index (Phi) is 4.05. The Morgan fingerprint density at radius 1 is 1.22 bits per heavy atom. The summed E-state index contributed by atoms with van der Waals surface area (Å²) in [5.41, 5.74) is 1.47. The lowest BCUT2D eigenvalue weighted by atomic mass is 10.1. The number of carbonyl (C=O) groups excluding carboxylic acids is 1. The predicted molar refractivity (Wildman–Crippen MR) is 94.0 cm³/mol. The molecule has 0 atom stereocenters. The highest BCUT2D eigenvalue weighted by molar-refractivity contribution is 7.19. The molecule has 0 aliphatic carbocycles. The summed E-state index contributed by atoms with van der Waals surface area (Å²) in [5.74, 6) is -0.110. The van der Waals surface area contributed by atoms with Crippen molar-refractivity contribution in [3.05, 3.63) is 69.0 Å². The van der Waals surface area contributed by atoms with Crippen molar-refractivity contribution >= 4 is 27.3 Å². The molecule has 5 heteroatoms. The van der Waals surface area contributed by atoms with Gasteiger partial charge in [-0.05, 0) is 18.6 Å².